The van der Waals surface area contributed by atoms with E-state index in [-0.39, 0.29) is 11.1 Å². The average Bonchev–Trinajstić information content (AvgIpc) is 2.75. The van der Waals surface area contributed by atoms with Crippen LogP contribution in [0.25, 0.3) is 6.08 Å². The fraction of sp³-hybridized carbons (Fsp3) is 0.250. The largest absolute Gasteiger partial charge is 0.497 e. The van der Waals surface area contributed by atoms with E-state index in [1.807, 2.05) is 31.2 Å². The molecule has 0 saturated heterocycles. The molecule has 0 heterocycles. The van der Waals surface area contributed by atoms with E-state index in [0.29, 0.717) is 30.8 Å². The Bertz CT molecular complexity index is 908. The number of carboxylic acids is 2. The first kappa shape index (κ1) is 22.7. The molecule has 2 aromatic carbocycles. The monoisotopic (exact) mass is 410 g/mol. The van der Waals surface area contributed by atoms with Crippen LogP contribution in [0.5, 0.6) is 11.5 Å². The van der Waals surface area contributed by atoms with Crippen molar-refractivity contribution in [3.05, 3.63) is 76.9 Å². The van der Waals surface area contributed by atoms with Gasteiger partial charge in [0.15, 0.2) is 0 Å². The Hall–Kier alpha value is -3.54. The van der Waals surface area contributed by atoms with Crippen molar-refractivity contribution in [3.63, 3.8) is 0 Å². The van der Waals surface area contributed by atoms with E-state index in [2.05, 4.69) is 0 Å². The Kier molecular flexibility index (Phi) is 8.69. The number of hydrogen-bond donors (Lipinski definition) is 2. The van der Waals surface area contributed by atoms with Gasteiger partial charge in [0.05, 0.1) is 12.7 Å². The van der Waals surface area contributed by atoms with Gasteiger partial charge >= 0.3 is 11.9 Å². The standard InChI is InChI=1S/C24H26O6/c1-3-4-5-19(23(25)26)15-20(24(27)28)14-17-6-12-22(13-7-17)30-16-18-8-10-21(29-2)11-9-18/h6-15H,3-5,16H2,1-2H3,(H,25,26)(H,27,28). The molecule has 158 valence electrons. The fourth-order valence-corrected chi connectivity index (χ4v) is 2.69. The first-order chi connectivity index (χ1) is 14.4. The SMILES string of the molecule is CCCCC(=CC(=Cc1ccc(OCc2ccc(OC)cc2)cc1)C(=O)O)C(=O)O. The van der Waals surface area contributed by atoms with Crippen LogP contribution in [-0.2, 0) is 16.2 Å². The van der Waals surface area contributed by atoms with E-state index in [0.717, 1.165) is 17.7 Å². The van der Waals surface area contributed by atoms with Gasteiger partial charge in [-0.1, -0.05) is 37.6 Å². The molecule has 0 aromatic heterocycles. The maximum Gasteiger partial charge on any atom is 0.335 e. The van der Waals surface area contributed by atoms with Crippen LogP contribution < -0.4 is 9.47 Å². The zero-order chi connectivity index (χ0) is 21.9. The van der Waals surface area contributed by atoms with Crippen LogP contribution in [0, 0.1) is 0 Å². The first-order valence-corrected chi connectivity index (χ1v) is 9.67. The molecule has 0 fully saturated rings. The molecule has 6 heteroatoms. The van der Waals surface area contributed by atoms with Gasteiger partial charge in [-0.3, -0.25) is 0 Å². The lowest BCUT2D eigenvalue weighted by atomic mass is 10.0. The van der Waals surface area contributed by atoms with Gasteiger partial charge < -0.3 is 19.7 Å². The Labute approximate surface area is 176 Å². The van der Waals surface area contributed by atoms with Crippen molar-refractivity contribution < 1.29 is 29.3 Å². The summed E-state index contributed by atoms with van der Waals surface area (Å²) in [6, 6.07) is 14.5. The van der Waals surface area contributed by atoms with Crippen molar-refractivity contribution in [3.8, 4) is 11.5 Å². The molecule has 0 unspecified atom stereocenters. The number of carboxylic acid groups (broad SMARTS) is 2. The molecule has 2 N–H and O–H groups in total. The molecule has 0 atom stereocenters. The molecule has 0 aliphatic heterocycles. The van der Waals surface area contributed by atoms with Crippen molar-refractivity contribution in [1.82, 2.24) is 0 Å². The van der Waals surface area contributed by atoms with E-state index in [9.17, 15) is 19.8 Å². The maximum absolute atomic E-state index is 11.6. The smallest absolute Gasteiger partial charge is 0.335 e. The predicted octanol–water partition coefficient (Wildman–Crippen LogP) is 4.94. The van der Waals surface area contributed by atoms with Crippen molar-refractivity contribution in [2.75, 3.05) is 7.11 Å². The summed E-state index contributed by atoms with van der Waals surface area (Å²) < 4.78 is 10.9. The van der Waals surface area contributed by atoms with E-state index in [1.54, 1.807) is 31.4 Å². The van der Waals surface area contributed by atoms with Gasteiger partial charge in [0, 0.05) is 5.57 Å². The summed E-state index contributed by atoms with van der Waals surface area (Å²) in [4.78, 5) is 22.9. The van der Waals surface area contributed by atoms with Crippen molar-refractivity contribution in [2.45, 2.75) is 32.8 Å². The highest BCUT2D eigenvalue weighted by Gasteiger charge is 2.12. The Morgan fingerprint density at radius 1 is 0.933 bits per heavy atom. The second kappa shape index (κ2) is 11.5. The molecular formula is C24H26O6. The highest BCUT2D eigenvalue weighted by molar-refractivity contribution is 5.98. The summed E-state index contributed by atoms with van der Waals surface area (Å²) in [7, 11) is 1.61. The molecule has 0 saturated carbocycles. The zero-order valence-electron chi connectivity index (χ0n) is 17.1. The minimum Gasteiger partial charge on any atom is -0.497 e. The Balaban J connectivity index is 2.10. The fourth-order valence-electron chi connectivity index (χ4n) is 2.69. The van der Waals surface area contributed by atoms with Gasteiger partial charge in [-0.25, -0.2) is 9.59 Å². The van der Waals surface area contributed by atoms with Crippen LogP contribution in [0.4, 0.5) is 0 Å². The van der Waals surface area contributed by atoms with Gasteiger partial charge in [-0.05, 0) is 60.4 Å². The number of aliphatic carboxylic acids is 2. The summed E-state index contributed by atoms with van der Waals surface area (Å²) in [5.41, 5.74) is 1.65. The van der Waals surface area contributed by atoms with Crippen LogP contribution in [0.2, 0.25) is 0 Å². The van der Waals surface area contributed by atoms with Crippen molar-refractivity contribution in [1.29, 1.82) is 0 Å². The number of methoxy groups -OCH3 is 1. The van der Waals surface area contributed by atoms with Crippen LogP contribution >= 0.6 is 0 Å². The highest BCUT2D eigenvalue weighted by atomic mass is 16.5. The third-order valence-electron chi connectivity index (χ3n) is 4.42. The molecule has 2 rings (SSSR count). The number of unbranched alkanes of at least 4 members (excludes halogenated alkanes) is 1. The lowest BCUT2D eigenvalue weighted by Gasteiger charge is -2.08. The molecular weight excluding hydrogens is 384 g/mol. The van der Waals surface area contributed by atoms with E-state index in [4.69, 9.17) is 9.47 Å². The summed E-state index contributed by atoms with van der Waals surface area (Å²) in [5, 5.41) is 18.8. The number of benzene rings is 2. The Morgan fingerprint density at radius 2 is 1.57 bits per heavy atom. The molecule has 0 aliphatic rings. The van der Waals surface area contributed by atoms with Gasteiger partial charge in [-0.15, -0.1) is 0 Å². The summed E-state index contributed by atoms with van der Waals surface area (Å²) in [5.74, 6) is -0.855. The molecule has 6 nitrogen and oxygen atoms in total. The molecule has 0 radical (unpaired) electrons. The van der Waals surface area contributed by atoms with Crippen molar-refractivity contribution >= 4 is 18.0 Å². The minimum atomic E-state index is -1.18. The van der Waals surface area contributed by atoms with E-state index >= 15 is 0 Å². The third kappa shape index (κ3) is 7.13. The third-order valence-corrected chi connectivity index (χ3v) is 4.42. The number of rotatable bonds is 11. The average molecular weight is 410 g/mol. The normalized spacial score (nSPS) is 11.8. The van der Waals surface area contributed by atoms with Gasteiger partial charge in [-0.2, -0.15) is 0 Å². The topological polar surface area (TPSA) is 93.1 Å². The number of hydrogen-bond acceptors (Lipinski definition) is 4. The quantitative estimate of drug-likeness (QED) is 0.402. The predicted molar refractivity (Wildman–Crippen MR) is 115 cm³/mol. The van der Waals surface area contributed by atoms with Gasteiger partial charge in [0.25, 0.3) is 0 Å². The maximum atomic E-state index is 11.6. The lowest BCUT2D eigenvalue weighted by molar-refractivity contribution is -0.133. The number of ether oxygens (including phenoxy) is 2. The van der Waals surface area contributed by atoms with Crippen LogP contribution in [0.15, 0.2) is 65.8 Å². The van der Waals surface area contributed by atoms with Crippen LogP contribution in [0.1, 0.15) is 37.3 Å². The highest BCUT2D eigenvalue weighted by Crippen LogP contribution is 2.19. The molecule has 0 amide bonds. The molecule has 2 aromatic rings. The van der Waals surface area contributed by atoms with Crippen molar-refractivity contribution in [2.24, 2.45) is 0 Å². The van der Waals surface area contributed by atoms with Crippen LogP contribution in [-0.4, -0.2) is 29.3 Å². The number of carbonyl (C=O) groups is 2. The second-order valence-electron chi connectivity index (χ2n) is 6.69. The summed E-state index contributed by atoms with van der Waals surface area (Å²) in [6.45, 7) is 2.34. The molecule has 0 aliphatic carbocycles. The van der Waals surface area contributed by atoms with E-state index in [1.165, 1.54) is 12.2 Å². The Morgan fingerprint density at radius 3 is 2.10 bits per heavy atom. The van der Waals surface area contributed by atoms with Gasteiger partial charge in [0.2, 0.25) is 0 Å². The molecule has 30 heavy (non-hydrogen) atoms. The molecule has 0 bridgehead atoms. The van der Waals surface area contributed by atoms with Crippen LogP contribution in [0.3, 0.4) is 0 Å². The van der Waals surface area contributed by atoms with E-state index < -0.39 is 11.9 Å². The second-order valence-corrected chi connectivity index (χ2v) is 6.69. The summed E-state index contributed by atoms with van der Waals surface area (Å²) >= 11 is 0. The lowest BCUT2D eigenvalue weighted by Crippen LogP contribution is -2.05. The molecule has 0 spiro atoms. The minimum absolute atomic E-state index is 0.0737. The zero-order valence-corrected chi connectivity index (χ0v) is 17.1. The summed E-state index contributed by atoms with van der Waals surface area (Å²) in [6.07, 6.45) is 4.52. The van der Waals surface area contributed by atoms with Gasteiger partial charge in [0.1, 0.15) is 18.1 Å². The first-order valence-electron chi connectivity index (χ1n) is 9.67.